The average Bonchev–Trinajstić information content (AvgIpc) is 2.61. The largest absolute Gasteiger partial charge is 0.497 e. The van der Waals surface area contributed by atoms with E-state index in [1.165, 1.54) is 12.1 Å². The van der Waals surface area contributed by atoms with Crippen molar-refractivity contribution in [3.63, 3.8) is 0 Å². The highest BCUT2D eigenvalue weighted by atomic mass is 16.6. The number of fused-ring (bicyclic) bond motifs is 1. The van der Waals surface area contributed by atoms with Gasteiger partial charge in [-0.25, -0.2) is 0 Å². The molecule has 3 rings (SSSR count). The first-order chi connectivity index (χ1) is 11.6. The zero-order valence-electron chi connectivity index (χ0n) is 13.3. The van der Waals surface area contributed by atoms with Crippen LogP contribution in [0.15, 0.2) is 48.0 Å². The third kappa shape index (κ3) is 3.06. The Kier molecular flexibility index (Phi) is 4.42. The van der Waals surface area contributed by atoms with Gasteiger partial charge < -0.3 is 9.53 Å². The van der Waals surface area contributed by atoms with Gasteiger partial charge in [-0.3, -0.25) is 10.1 Å². The van der Waals surface area contributed by atoms with Gasteiger partial charge in [-0.2, -0.15) is 0 Å². The molecule has 1 aliphatic carbocycles. The van der Waals surface area contributed by atoms with Crippen molar-refractivity contribution in [1.82, 2.24) is 0 Å². The molecule has 24 heavy (non-hydrogen) atoms. The van der Waals surface area contributed by atoms with Crippen LogP contribution in [0.2, 0.25) is 0 Å². The highest BCUT2D eigenvalue weighted by Gasteiger charge is 2.24. The summed E-state index contributed by atoms with van der Waals surface area (Å²) < 4.78 is 5.24. The Labute approximate surface area is 139 Å². The van der Waals surface area contributed by atoms with Crippen molar-refractivity contribution in [3.8, 4) is 5.75 Å². The first-order valence-electron chi connectivity index (χ1n) is 7.69. The molecular formula is C19H17NO4. The molecule has 0 spiro atoms. The lowest BCUT2D eigenvalue weighted by atomic mass is 9.79. The number of benzene rings is 2. The van der Waals surface area contributed by atoms with Crippen LogP contribution < -0.4 is 4.74 Å². The van der Waals surface area contributed by atoms with Crippen LogP contribution in [-0.2, 0) is 11.2 Å². The lowest BCUT2D eigenvalue weighted by Gasteiger charge is -2.25. The van der Waals surface area contributed by atoms with Gasteiger partial charge >= 0.3 is 0 Å². The van der Waals surface area contributed by atoms with Crippen molar-refractivity contribution in [1.29, 1.82) is 0 Å². The number of methoxy groups -OCH3 is 1. The van der Waals surface area contributed by atoms with Crippen molar-refractivity contribution in [2.24, 2.45) is 0 Å². The standard InChI is InChI=1S/C19H17NO4/c1-24-17-8-9-18-15(11-17)5-4-14(19(18)12-21)10-13-2-6-16(7-3-13)20(22)23/h2-3,6-12,19H,4-5H2,1H3. The van der Waals surface area contributed by atoms with E-state index in [-0.39, 0.29) is 11.6 Å². The minimum Gasteiger partial charge on any atom is -0.497 e. The van der Waals surface area contributed by atoms with Crippen LogP contribution >= 0.6 is 0 Å². The Balaban J connectivity index is 1.93. The van der Waals surface area contributed by atoms with Crippen LogP contribution in [0.1, 0.15) is 29.0 Å². The molecule has 0 aliphatic heterocycles. The maximum Gasteiger partial charge on any atom is 0.269 e. The van der Waals surface area contributed by atoms with E-state index in [2.05, 4.69) is 0 Å². The molecule has 0 amide bonds. The molecule has 0 fully saturated rings. The van der Waals surface area contributed by atoms with Crippen molar-refractivity contribution in [3.05, 3.63) is 74.8 Å². The maximum atomic E-state index is 11.7. The van der Waals surface area contributed by atoms with E-state index >= 15 is 0 Å². The number of carbonyl (C=O) groups excluding carboxylic acids is 1. The number of nitrogens with zero attached hydrogens (tertiary/aromatic N) is 1. The maximum absolute atomic E-state index is 11.7. The number of allylic oxidation sites excluding steroid dienone is 1. The van der Waals surface area contributed by atoms with E-state index in [0.717, 1.165) is 47.1 Å². The number of nitro benzene ring substituents is 1. The van der Waals surface area contributed by atoms with Crippen molar-refractivity contribution >= 4 is 18.0 Å². The Bertz CT molecular complexity index is 809. The molecule has 0 heterocycles. The van der Waals surface area contributed by atoms with Gasteiger partial charge in [-0.05, 0) is 53.8 Å². The Morgan fingerprint density at radius 3 is 2.54 bits per heavy atom. The third-order valence-corrected chi connectivity index (χ3v) is 4.36. The van der Waals surface area contributed by atoms with Crippen LogP contribution in [-0.4, -0.2) is 18.3 Å². The number of ether oxygens (including phenoxy) is 1. The second-order valence-corrected chi connectivity index (χ2v) is 5.75. The molecule has 0 aromatic heterocycles. The fourth-order valence-corrected chi connectivity index (χ4v) is 3.09. The molecular weight excluding hydrogens is 306 g/mol. The molecule has 0 N–H and O–H groups in total. The van der Waals surface area contributed by atoms with Gasteiger partial charge in [-0.15, -0.1) is 0 Å². The van der Waals surface area contributed by atoms with E-state index in [9.17, 15) is 14.9 Å². The van der Waals surface area contributed by atoms with Gasteiger partial charge in [0.25, 0.3) is 5.69 Å². The number of rotatable bonds is 4. The van der Waals surface area contributed by atoms with Crippen molar-refractivity contribution < 1.29 is 14.5 Å². The minimum atomic E-state index is -0.421. The number of hydrogen-bond donors (Lipinski definition) is 0. The average molecular weight is 323 g/mol. The van der Waals surface area contributed by atoms with E-state index in [4.69, 9.17) is 4.74 Å². The van der Waals surface area contributed by atoms with Crippen LogP contribution in [0.25, 0.3) is 6.08 Å². The SMILES string of the molecule is COc1ccc2c(c1)CCC(=Cc1ccc([N+](=O)[O-])cc1)C2C=O. The van der Waals surface area contributed by atoms with Gasteiger partial charge in [0.05, 0.1) is 18.0 Å². The van der Waals surface area contributed by atoms with Crippen LogP contribution in [0.3, 0.4) is 0 Å². The molecule has 1 atom stereocenters. The quantitative estimate of drug-likeness (QED) is 0.486. The summed E-state index contributed by atoms with van der Waals surface area (Å²) in [6.07, 6.45) is 4.54. The van der Waals surface area contributed by atoms with Gasteiger partial charge in [0.1, 0.15) is 12.0 Å². The van der Waals surface area contributed by atoms with Crippen LogP contribution in [0.5, 0.6) is 5.75 Å². The van der Waals surface area contributed by atoms with E-state index < -0.39 is 4.92 Å². The monoisotopic (exact) mass is 323 g/mol. The Morgan fingerprint density at radius 1 is 1.17 bits per heavy atom. The fourth-order valence-electron chi connectivity index (χ4n) is 3.09. The summed E-state index contributed by atoms with van der Waals surface area (Å²) in [6.45, 7) is 0. The Morgan fingerprint density at radius 2 is 1.92 bits per heavy atom. The molecule has 122 valence electrons. The first kappa shape index (κ1) is 15.9. The van der Waals surface area contributed by atoms with Gasteiger partial charge in [0.15, 0.2) is 0 Å². The van der Waals surface area contributed by atoms with Crippen LogP contribution in [0, 0.1) is 10.1 Å². The van der Waals surface area contributed by atoms with Crippen molar-refractivity contribution in [2.45, 2.75) is 18.8 Å². The number of aryl methyl sites for hydroxylation is 1. The van der Waals surface area contributed by atoms with E-state index in [0.29, 0.717) is 0 Å². The van der Waals surface area contributed by atoms with Gasteiger partial charge in [0.2, 0.25) is 0 Å². The summed E-state index contributed by atoms with van der Waals surface area (Å²) in [5.74, 6) is 0.510. The molecule has 0 saturated carbocycles. The number of hydrogen-bond acceptors (Lipinski definition) is 4. The summed E-state index contributed by atoms with van der Waals surface area (Å²) in [4.78, 5) is 22.0. The summed E-state index contributed by atoms with van der Waals surface area (Å²) in [6, 6.07) is 12.1. The zero-order chi connectivity index (χ0) is 17.1. The molecule has 5 heteroatoms. The lowest BCUT2D eigenvalue weighted by Crippen LogP contribution is -2.14. The van der Waals surface area contributed by atoms with Crippen molar-refractivity contribution in [2.75, 3.05) is 7.11 Å². The summed E-state index contributed by atoms with van der Waals surface area (Å²) >= 11 is 0. The highest BCUT2D eigenvalue weighted by molar-refractivity contribution is 5.74. The second-order valence-electron chi connectivity index (χ2n) is 5.75. The van der Waals surface area contributed by atoms with E-state index in [1.54, 1.807) is 19.2 Å². The molecule has 0 bridgehead atoms. The van der Waals surface area contributed by atoms with Gasteiger partial charge in [0, 0.05) is 12.1 Å². The number of nitro groups is 1. The van der Waals surface area contributed by atoms with E-state index in [1.807, 2.05) is 24.3 Å². The molecule has 0 saturated heterocycles. The number of non-ortho nitro benzene ring substituents is 1. The predicted molar refractivity (Wildman–Crippen MR) is 91.2 cm³/mol. The second kappa shape index (κ2) is 6.66. The predicted octanol–water partition coefficient (Wildman–Crippen LogP) is 3.92. The molecule has 2 aromatic rings. The highest BCUT2D eigenvalue weighted by Crippen LogP contribution is 2.37. The summed E-state index contributed by atoms with van der Waals surface area (Å²) in [5.41, 5.74) is 4.08. The number of carbonyl (C=O) groups is 1. The van der Waals surface area contributed by atoms with Crippen LogP contribution in [0.4, 0.5) is 5.69 Å². The smallest absolute Gasteiger partial charge is 0.269 e. The molecule has 5 nitrogen and oxygen atoms in total. The van der Waals surface area contributed by atoms with Gasteiger partial charge in [-0.1, -0.05) is 17.7 Å². The molecule has 1 aliphatic rings. The minimum absolute atomic E-state index is 0.0603. The zero-order valence-corrected chi connectivity index (χ0v) is 13.3. The Hall–Kier alpha value is -2.95. The normalized spacial score (nSPS) is 18.0. The third-order valence-electron chi connectivity index (χ3n) is 4.36. The number of aldehydes is 1. The summed E-state index contributed by atoms with van der Waals surface area (Å²) in [7, 11) is 1.63. The molecule has 1 unspecified atom stereocenters. The fraction of sp³-hybridized carbons (Fsp3) is 0.211. The lowest BCUT2D eigenvalue weighted by molar-refractivity contribution is -0.384. The first-order valence-corrected chi connectivity index (χ1v) is 7.69. The topological polar surface area (TPSA) is 69.4 Å². The molecule has 0 radical (unpaired) electrons. The summed E-state index contributed by atoms with van der Waals surface area (Å²) in [5, 5.41) is 10.7. The molecule has 2 aromatic carbocycles.